The van der Waals surface area contributed by atoms with Gasteiger partial charge in [-0.05, 0) is 40.3 Å². The van der Waals surface area contributed by atoms with Crippen molar-refractivity contribution in [2.75, 3.05) is 31.6 Å². The van der Waals surface area contributed by atoms with E-state index in [1.165, 1.54) is 0 Å². The molecule has 0 unspecified atom stereocenters. The topological polar surface area (TPSA) is 90.9 Å². The van der Waals surface area contributed by atoms with Gasteiger partial charge in [-0.3, -0.25) is 4.90 Å². The van der Waals surface area contributed by atoms with E-state index in [1.54, 1.807) is 0 Å². The van der Waals surface area contributed by atoms with Gasteiger partial charge in [0.15, 0.2) is 11.7 Å². The van der Waals surface area contributed by atoms with E-state index in [0.29, 0.717) is 11.4 Å². The summed E-state index contributed by atoms with van der Waals surface area (Å²) in [5.74, 6) is 0.770. The van der Waals surface area contributed by atoms with Crippen molar-refractivity contribution in [1.82, 2.24) is 15.1 Å². The van der Waals surface area contributed by atoms with Gasteiger partial charge in [0.2, 0.25) is 0 Å². The fraction of sp³-hybridized carbons (Fsp3) is 0.643. The number of nitrogens with zero attached hydrogens (tertiary/aromatic N) is 5. The molecule has 0 amide bonds. The molecule has 2 heterocycles. The van der Waals surface area contributed by atoms with Gasteiger partial charge in [-0.15, -0.1) is 5.10 Å². The zero-order chi connectivity index (χ0) is 15.8. The number of rotatable bonds is 2. The van der Waals surface area contributed by atoms with Crippen LogP contribution in [0.15, 0.2) is 5.16 Å². The lowest BCUT2D eigenvalue weighted by molar-refractivity contribution is 0.138. The van der Waals surface area contributed by atoms with Crippen molar-refractivity contribution < 1.29 is 5.21 Å². The summed E-state index contributed by atoms with van der Waals surface area (Å²) in [6.45, 7) is 10.7. The minimum atomic E-state index is 0.0289. The van der Waals surface area contributed by atoms with Crippen LogP contribution in [-0.4, -0.2) is 58.4 Å². The first-order chi connectivity index (χ1) is 9.77. The third-order valence-corrected chi connectivity index (χ3v) is 4.42. The minimum absolute atomic E-state index is 0.0289. The smallest absolute Gasteiger partial charge is 0.174 e. The van der Waals surface area contributed by atoms with Crippen LogP contribution in [0.5, 0.6) is 0 Å². The van der Waals surface area contributed by atoms with Gasteiger partial charge < -0.3 is 15.8 Å². The van der Waals surface area contributed by atoms with Crippen molar-refractivity contribution >= 4 is 11.7 Å². The van der Waals surface area contributed by atoms with Crippen LogP contribution in [0.1, 0.15) is 30.7 Å². The molecule has 1 aromatic rings. The lowest BCUT2D eigenvalue weighted by Crippen LogP contribution is -2.58. The number of amidine groups is 1. The van der Waals surface area contributed by atoms with Gasteiger partial charge in [-0.25, -0.2) is 0 Å². The Bertz CT molecular complexity index is 569. The summed E-state index contributed by atoms with van der Waals surface area (Å²) in [6.07, 6.45) is 0. The second-order valence-electron chi connectivity index (χ2n) is 6.25. The van der Waals surface area contributed by atoms with E-state index in [1.807, 2.05) is 13.8 Å². The van der Waals surface area contributed by atoms with Gasteiger partial charge in [0.1, 0.15) is 0 Å². The Kier molecular flexibility index (Phi) is 4.04. The lowest BCUT2D eigenvalue weighted by atomic mass is 9.98. The van der Waals surface area contributed by atoms with E-state index in [2.05, 4.69) is 46.0 Å². The highest BCUT2D eigenvalue weighted by molar-refractivity contribution is 6.02. The third kappa shape index (κ3) is 2.78. The number of hydrogen-bond donors (Lipinski definition) is 2. The third-order valence-electron chi connectivity index (χ3n) is 4.42. The highest BCUT2D eigenvalue weighted by Crippen LogP contribution is 2.27. The zero-order valence-corrected chi connectivity index (χ0v) is 13.4. The number of likely N-dealkylation sites (N-methyl/N-ethyl adjacent to an activating group) is 1. The second kappa shape index (κ2) is 5.48. The summed E-state index contributed by atoms with van der Waals surface area (Å²) in [7, 11) is 2.12. The average molecular weight is 292 g/mol. The van der Waals surface area contributed by atoms with Gasteiger partial charge in [0, 0.05) is 25.2 Å². The fourth-order valence-corrected chi connectivity index (χ4v) is 2.59. The highest BCUT2D eigenvalue weighted by Gasteiger charge is 2.33. The first-order valence-electron chi connectivity index (χ1n) is 7.06. The van der Waals surface area contributed by atoms with E-state index in [9.17, 15) is 0 Å². The zero-order valence-electron chi connectivity index (χ0n) is 13.4. The molecule has 0 aliphatic carbocycles. The Morgan fingerprint density at radius 1 is 1.29 bits per heavy atom. The van der Waals surface area contributed by atoms with Crippen molar-refractivity contribution in [2.24, 2.45) is 10.9 Å². The van der Waals surface area contributed by atoms with E-state index >= 15 is 0 Å². The molecule has 1 aromatic heterocycles. The number of aryl methyl sites for hydroxylation is 1. The number of anilines is 1. The Morgan fingerprint density at radius 2 is 1.95 bits per heavy atom. The molecule has 1 fully saturated rings. The first kappa shape index (κ1) is 15.5. The average Bonchev–Trinajstić information content (AvgIpc) is 2.44. The summed E-state index contributed by atoms with van der Waals surface area (Å²) in [4.78, 5) is 4.48. The summed E-state index contributed by atoms with van der Waals surface area (Å²) in [5.41, 5.74) is 8.24. The lowest BCUT2D eigenvalue weighted by Gasteiger charge is -2.46. The van der Waals surface area contributed by atoms with Crippen LogP contribution < -0.4 is 10.6 Å². The molecule has 3 N–H and O–H groups in total. The highest BCUT2D eigenvalue weighted by atomic mass is 16.4. The predicted octanol–water partition coefficient (Wildman–Crippen LogP) is 0.718. The molecule has 21 heavy (non-hydrogen) atoms. The van der Waals surface area contributed by atoms with Crippen molar-refractivity contribution in [3.63, 3.8) is 0 Å². The van der Waals surface area contributed by atoms with Crippen LogP contribution in [0.25, 0.3) is 0 Å². The fourth-order valence-electron chi connectivity index (χ4n) is 2.59. The molecule has 1 aliphatic heterocycles. The second-order valence-corrected chi connectivity index (χ2v) is 6.25. The number of oxime groups is 1. The molecule has 7 heteroatoms. The van der Waals surface area contributed by atoms with E-state index < -0.39 is 0 Å². The standard InChI is InChI=1S/C14H24N6O/c1-9-10(2)16-17-13(11(9)12(15)18-21)20-7-6-19(5)14(3,4)8-20/h21H,6-8H2,1-5H3,(H2,15,18). The molecule has 116 valence electrons. The van der Waals surface area contributed by atoms with E-state index in [0.717, 1.165) is 30.9 Å². The van der Waals surface area contributed by atoms with Crippen molar-refractivity contribution in [2.45, 2.75) is 33.2 Å². The minimum Gasteiger partial charge on any atom is -0.409 e. The van der Waals surface area contributed by atoms with Gasteiger partial charge >= 0.3 is 0 Å². The Hall–Kier alpha value is -1.89. The summed E-state index contributed by atoms with van der Waals surface area (Å²) in [6, 6.07) is 0. The van der Waals surface area contributed by atoms with Crippen LogP contribution in [-0.2, 0) is 0 Å². The summed E-state index contributed by atoms with van der Waals surface area (Å²) in [5, 5.41) is 20.7. The maximum Gasteiger partial charge on any atom is 0.174 e. The SMILES string of the molecule is Cc1nnc(N2CCN(C)C(C)(C)C2)c(C(N)=NO)c1C. The molecule has 0 bridgehead atoms. The molecule has 0 spiro atoms. The van der Waals surface area contributed by atoms with Gasteiger partial charge in [0.05, 0.1) is 11.3 Å². The molecule has 2 rings (SSSR count). The monoisotopic (exact) mass is 292 g/mol. The molecular weight excluding hydrogens is 268 g/mol. The molecule has 0 atom stereocenters. The molecule has 1 saturated heterocycles. The Morgan fingerprint density at radius 3 is 2.52 bits per heavy atom. The van der Waals surface area contributed by atoms with Gasteiger partial charge in [-0.2, -0.15) is 5.10 Å². The molecule has 1 aliphatic rings. The number of aromatic nitrogens is 2. The van der Waals surface area contributed by atoms with E-state index in [4.69, 9.17) is 10.9 Å². The Balaban J connectivity index is 2.47. The van der Waals surface area contributed by atoms with Crippen LogP contribution in [0.4, 0.5) is 5.82 Å². The summed E-state index contributed by atoms with van der Waals surface area (Å²) >= 11 is 0. The molecular formula is C14H24N6O. The number of hydrogen-bond acceptors (Lipinski definition) is 6. The first-order valence-corrected chi connectivity index (χ1v) is 7.06. The number of nitrogens with two attached hydrogens (primary N) is 1. The largest absolute Gasteiger partial charge is 0.409 e. The molecule has 0 radical (unpaired) electrons. The van der Waals surface area contributed by atoms with Crippen LogP contribution >= 0.6 is 0 Å². The van der Waals surface area contributed by atoms with E-state index in [-0.39, 0.29) is 11.4 Å². The molecule has 7 nitrogen and oxygen atoms in total. The van der Waals surface area contributed by atoms with Crippen LogP contribution in [0.3, 0.4) is 0 Å². The van der Waals surface area contributed by atoms with Crippen LogP contribution in [0, 0.1) is 13.8 Å². The molecule has 0 saturated carbocycles. The normalized spacial score (nSPS) is 19.9. The molecule has 0 aromatic carbocycles. The van der Waals surface area contributed by atoms with Crippen molar-refractivity contribution in [1.29, 1.82) is 0 Å². The van der Waals surface area contributed by atoms with Crippen molar-refractivity contribution in [3.8, 4) is 0 Å². The van der Waals surface area contributed by atoms with Crippen molar-refractivity contribution in [3.05, 3.63) is 16.8 Å². The number of piperazine rings is 1. The van der Waals surface area contributed by atoms with Gasteiger partial charge in [-0.1, -0.05) is 5.16 Å². The Labute approximate surface area is 125 Å². The maximum atomic E-state index is 9.06. The van der Waals surface area contributed by atoms with Gasteiger partial charge in [0.25, 0.3) is 0 Å². The maximum absolute atomic E-state index is 9.06. The summed E-state index contributed by atoms with van der Waals surface area (Å²) < 4.78 is 0. The van der Waals surface area contributed by atoms with Crippen LogP contribution in [0.2, 0.25) is 0 Å². The quantitative estimate of drug-likeness (QED) is 0.361. The predicted molar refractivity (Wildman–Crippen MR) is 82.9 cm³/mol.